The second-order valence-electron chi connectivity index (χ2n) is 8.07. The molecule has 2 aliphatic rings. The van der Waals surface area contributed by atoms with E-state index in [1.54, 1.807) is 11.8 Å². The van der Waals surface area contributed by atoms with E-state index in [0.29, 0.717) is 5.92 Å². The number of fused-ring (bicyclic) bond motifs is 5. The lowest BCUT2D eigenvalue weighted by Gasteiger charge is -2.17. The van der Waals surface area contributed by atoms with Gasteiger partial charge in [-0.25, -0.2) is 4.98 Å². The van der Waals surface area contributed by atoms with Crippen LogP contribution in [0.4, 0.5) is 0 Å². The van der Waals surface area contributed by atoms with E-state index in [-0.39, 0.29) is 0 Å². The number of thioether (sulfide) groups is 1. The standard InChI is InChI=1S/C21H21N5S2/c1-12-4-7-15-16(9-12)28-20-17(15)19-24-25-21(26(19)18(23-20)14-5-6-14)27-11-13-3-2-8-22-10-13/h2-3,8,10,12,14H,4-7,9,11H2,1H3/t12-/m0/s1. The van der Waals surface area contributed by atoms with Crippen LogP contribution in [-0.4, -0.2) is 24.6 Å². The molecule has 0 bridgehead atoms. The lowest BCUT2D eigenvalue weighted by Crippen LogP contribution is -2.09. The topological polar surface area (TPSA) is 56.0 Å². The summed E-state index contributed by atoms with van der Waals surface area (Å²) in [7, 11) is 0. The van der Waals surface area contributed by atoms with E-state index in [9.17, 15) is 0 Å². The summed E-state index contributed by atoms with van der Waals surface area (Å²) in [6.45, 7) is 2.36. The monoisotopic (exact) mass is 407 g/mol. The molecule has 0 aromatic carbocycles. The molecular formula is C21H21N5S2. The molecule has 28 heavy (non-hydrogen) atoms. The van der Waals surface area contributed by atoms with Gasteiger partial charge < -0.3 is 0 Å². The van der Waals surface area contributed by atoms with Gasteiger partial charge in [0.25, 0.3) is 0 Å². The molecule has 4 aromatic heterocycles. The van der Waals surface area contributed by atoms with Crippen LogP contribution in [0.2, 0.25) is 0 Å². The number of hydrogen-bond donors (Lipinski definition) is 0. The van der Waals surface area contributed by atoms with Crippen molar-refractivity contribution in [2.75, 3.05) is 0 Å². The van der Waals surface area contributed by atoms with Crippen molar-refractivity contribution in [2.45, 2.75) is 55.9 Å². The number of thiophene rings is 1. The number of nitrogens with zero attached hydrogens (tertiary/aromatic N) is 5. The molecule has 0 unspecified atom stereocenters. The predicted octanol–water partition coefficient (Wildman–Crippen LogP) is 5.03. The molecule has 1 atom stereocenters. The Bertz CT molecular complexity index is 1180. The van der Waals surface area contributed by atoms with Crippen LogP contribution in [-0.2, 0) is 18.6 Å². The second kappa shape index (κ2) is 6.52. The van der Waals surface area contributed by atoms with Gasteiger partial charge in [-0.3, -0.25) is 9.38 Å². The third kappa shape index (κ3) is 2.75. The Hall–Kier alpha value is -1.99. The van der Waals surface area contributed by atoms with Crippen molar-refractivity contribution in [1.29, 1.82) is 0 Å². The smallest absolute Gasteiger partial charge is 0.197 e. The first-order valence-electron chi connectivity index (χ1n) is 9.99. The first-order chi connectivity index (χ1) is 13.8. The summed E-state index contributed by atoms with van der Waals surface area (Å²) in [5.41, 5.74) is 3.70. The molecule has 4 aromatic rings. The maximum Gasteiger partial charge on any atom is 0.197 e. The Morgan fingerprint density at radius 3 is 3.00 bits per heavy atom. The van der Waals surface area contributed by atoms with E-state index in [4.69, 9.17) is 4.98 Å². The van der Waals surface area contributed by atoms with Crippen molar-refractivity contribution in [3.05, 3.63) is 46.4 Å². The van der Waals surface area contributed by atoms with Gasteiger partial charge in [-0.1, -0.05) is 24.8 Å². The Kier molecular flexibility index (Phi) is 3.94. The highest BCUT2D eigenvalue weighted by atomic mass is 32.2. The zero-order chi connectivity index (χ0) is 18.7. The molecule has 0 spiro atoms. The SMILES string of the molecule is C[C@H]1CCc2c(sc3nc(C4CC4)n4c(SCc5cccnc5)nnc4c23)C1. The molecule has 1 fully saturated rings. The molecule has 0 radical (unpaired) electrons. The van der Waals surface area contributed by atoms with Crippen molar-refractivity contribution in [2.24, 2.45) is 5.92 Å². The van der Waals surface area contributed by atoms with Crippen LogP contribution in [0.15, 0.2) is 29.7 Å². The zero-order valence-corrected chi connectivity index (χ0v) is 17.4. The van der Waals surface area contributed by atoms with Crippen LogP contribution in [0.1, 0.15) is 53.9 Å². The number of aryl methyl sites for hydroxylation is 1. The van der Waals surface area contributed by atoms with Crippen LogP contribution >= 0.6 is 23.1 Å². The van der Waals surface area contributed by atoms with Crippen LogP contribution in [0, 0.1) is 5.92 Å². The molecule has 7 heteroatoms. The number of hydrogen-bond acceptors (Lipinski definition) is 6. The summed E-state index contributed by atoms with van der Waals surface area (Å²) in [5, 5.41) is 11.5. The highest BCUT2D eigenvalue weighted by molar-refractivity contribution is 7.98. The average Bonchev–Trinajstić information content (AvgIpc) is 3.37. The minimum absolute atomic E-state index is 0.554. The maximum atomic E-state index is 5.16. The summed E-state index contributed by atoms with van der Waals surface area (Å²) < 4.78 is 2.26. The van der Waals surface area contributed by atoms with E-state index in [1.165, 1.54) is 51.9 Å². The third-order valence-corrected chi connectivity index (χ3v) is 7.98. The molecule has 5 nitrogen and oxygen atoms in total. The predicted molar refractivity (Wildman–Crippen MR) is 113 cm³/mol. The molecule has 2 aliphatic carbocycles. The zero-order valence-electron chi connectivity index (χ0n) is 15.8. The molecular weight excluding hydrogens is 386 g/mol. The van der Waals surface area contributed by atoms with E-state index in [1.807, 2.05) is 29.8 Å². The van der Waals surface area contributed by atoms with E-state index in [0.717, 1.165) is 34.7 Å². The van der Waals surface area contributed by atoms with Gasteiger partial charge in [0.15, 0.2) is 10.8 Å². The van der Waals surface area contributed by atoms with Gasteiger partial charge >= 0.3 is 0 Å². The number of pyridine rings is 1. The highest BCUT2D eigenvalue weighted by Gasteiger charge is 2.32. The van der Waals surface area contributed by atoms with Crippen LogP contribution in [0.25, 0.3) is 15.9 Å². The molecule has 0 N–H and O–H groups in total. The Balaban J connectivity index is 1.50. The second-order valence-corrected chi connectivity index (χ2v) is 10.1. The van der Waals surface area contributed by atoms with Gasteiger partial charge in [0.2, 0.25) is 0 Å². The lowest BCUT2D eigenvalue weighted by atomic mass is 9.89. The Morgan fingerprint density at radius 2 is 2.18 bits per heavy atom. The average molecular weight is 408 g/mol. The van der Waals surface area contributed by atoms with Crippen molar-refractivity contribution in [3.63, 3.8) is 0 Å². The van der Waals surface area contributed by atoms with Crippen LogP contribution in [0.5, 0.6) is 0 Å². The van der Waals surface area contributed by atoms with Gasteiger partial charge in [0.1, 0.15) is 10.7 Å². The fourth-order valence-corrected chi connectivity index (χ4v) is 6.44. The van der Waals surface area contributed by atoms with E-state index < -0.39 is 0 Å². The number of aromatic nitrogens is 5. The fraction of sp³-hybridized carbons (Fsp3) is 0.429. The molecule has 6 rings (SSSR count). The van der Waals surface area contributed by atoms with Crippen molar-refractivity contribution >= 4 is 39.0 Å². The van der Waals surface area contributed by atoms with Crippen molar-refractivity contribution < 1.29 is 0 Å². The van der Waals surface area contributed by atoms with Gasteiger partial charge in [-0.05, 0) is 55.2 Å². The summed E-state index contributed by atoms with van der Waals surface area (Å²) in [6.07, 6.45) is 9.75. The highest BCUT2D eigenvalue weighted by Crippen LogP contribution is 2.44. The minimum atomic E-state index is 0.554. The van der Waals surface area contributed by atoms with Crippen molar-refractivity contribution in [1.82, 2.24) is 24.6 Å². The first kappa shape index (κ1) is 16.9. The van der Waals surface area contributed by atoms with Crippen LogP contribution < -0.4 is 0 Å². The quantitative estimate of drug-likeness (QED) is 0.444. The Labute approximate surface area is 171 Å². The van der Waals surface area contributed by atoms with Crippen LogP contribution in [0.3, 0.4) is 0 Å². The van der Waals surface area contributed by atoms with Gasteiger partial charge in [0.05, 0.1) is 5.39 Å². The lowest BCUT2D eigenvalue weighted by molar-refractivity contribution is 0.509. The molecule has 1 saturated carbocycles. The van der Waals surface area contributed by atoms with E-state index >= 15 is 0 Å². The first-order valence-corrected chi connectivity index (χ1v) is 11.8. The minimum Gasteiger partial charge on any atom is -0.264 e. The molecule has 4 heterocycles. The molecule has 0 saturated heterocycles. The summed E-state index contributed by atoms with van der Waals surface area (Å²) in [4.78, 5) is 12.1. The van der Waals surface area contributed by atoms with Gasteiger partial charge in [0, 0.05) is 28.9 Å². The van der Waals surface area contributed by atoms with Crippen molar-refractivity contribution in [3.8, 4) is 0 Å². The summed E-state index contributed by atoms with van der Waals surface area (Å²) in [5.74, 6) is 3.32. The summed E-state index contributed by atoms with van der Waals surface area (Å²) >= 11 is 3.62. The van der Waals surface area contributed by atoms with Gasteiger partial charge in [-0.15, -0.1) is 21.5 Å². The fourth-order valence-electron chi connectivity index (χ4n) is 4.18. The Morgan fingerprint density at radius 1 is 1.25 bits per heavy atom. The summed E-state index contributed by atoms with van der Waals surface area (Å²) in [6, 6.07) is 4.09. The normalized spacial score (nSPS) is 19.4. The van der Waals surface area contributed by atoms with Gasteiger partial charge in [-0.2, -0.15) is 0 Å². The molecule has 0 amide bonds. The van der Waals surface area contributed by atoms with E-state index in [2.05, 4.69) is 32.6 Å². The number of rotatable bonds is 4. The largest absolute Gasteiger partial charge is 0.264 e. The maximum absolute atomic E-state index is 5.16. The molecule has 0 aliphatic heterocycles. The molecule has 142 valence electrons. The third-order valence-electron chi connectivity index (χ3n) is 5.83.